The van der Waals surface area contributed by atoms with Gasteiger partial charge in [-0.3, -0.25) is 4.79 Å². The molecule has 1 aromatic rings. The minimum atomic E-state index is -4.34. The first kappa shape index (κ1) is 21.2. The number of hydrogen-bond acceptors (Lipinski definition) is 2. The Morgan fingerprint density at radius 3 is 2.50 bits per heavy atom. The summed E-state index contributed by atoms with van der Waals surface area (Å²) >= 11 is 0. The number of hydrogen-bond donors (Lipinski definition) is 0. The van der Waals surface area contributed by atoms with Crippen LogP contribution in [0.5, 0.6) is 0 Å². The van der Waals surface area contributed by atoms with Crippen molar-refractivity contribution in [1.29, 1.82) is 0 Å². The van der Waals surface area contributed by atoms with E-state index < -0.39 is 11.7 Å². The molecule has 2 fully saturated rings. The van der Waals surface area contributed by atoms with Gasteiger partial charge in [-0.1, -0.05) is 38.5 Å². The summed E-state index contributed by atoms with van der Waals surface area (Å²) in [6.07, 6.45) is -0.249. The number of carbonyl (C=O) groups excluding carboxylic acids is 1. The molecule has 0 unspecified atom stereocenters. The predicted molar refractivity (Wildman–Crippen MR) is 104 cm³/mol. The van der Waals surface area contributed by atoms with Crippen LogP contribution in [-0.2, 0) is 11.0 Å². The maximum atomic E-state index is 13.2. The average Bonchev–Trinajstić information content (AvgIpc) is 3.05. The zero-order chi connectivity index (χ0) is 20.3. The Bertz CT molecular complexity index is 668. The number of nitrogens with zero attached hydrogens (tertiary/aromatic N) is 2. The van der Waals surface area contributed by atoms with Crippen LogP contribution in [-0.4, -0.2) is 48.4 Å². The van der Waals surface area contributed by atoms with E-state index in [4.69, 9.17) is 0 Å². The predicted octanol–water partition coefficient (Wildman–Crippen LogP) is 4.78. The van der Waals surface area contributed by atoms with Gasteiger partial charge in [0.15, 0.2) is 0 Å². The largest absolute Gasteiger partial charge is 0.416 e. The van der Waals surface area contributed by atoms with Crippen LogP contribution in [0.15, 0.2) is 24.3 Å². The number of rotatable bonds is 5. The SMILES string of the molecule is CC(C)CC(=O)N1C[C@H](CN2CCCCC2)[C@H](c2cccc(C(F)(F)F)c2)C1. The van der Waals surface area contributed by atoms with Crippen LogP contribution in [0.1, 0.15) is 56.6 Å². The Morgan fingerprint density at radius 1 is 1.14 bits per heavy atom. The molecule has 0 bridgehead atoms. The summed E-state index contributed by atoms with van der Waals surface area (Å²) in [5, 5.41) is 0. The Kier molecular flexibility index (Phi) is 6.69. The summed E-state index contributed by atoms with van der Waals surface area (Å²) in [6, 6.07) is 5.69. The zero-order valence-corrected chi connectivity index (χ0v) is 16.8. The number of likely N-dealkylation sites (tertiary alicyclic amines) is 2. The van der Waals surface area contributed by atoms with Crippen molar-refractivity contribution in [2.24, 2.45) is 11.8 Å². The Morgan fingerprint density at radius 2 is 1.86 bits per heavy atom. The summed E-state index contributed by atoms with van der Waals surface area (Å²) in [7, 11) is 0. The number of alkyl halides is 3. The third-order valence-corrected chi connectivity index (χ3v) is 5.96. The molecule has 3 rings (SSSR count). The molecule has 2 atom stereocenters. The highest BCUT2D eigenvalue weighted by Crippen LogP contribution is 2.37. The quantitative estimate of drug-likeness (QED) is 0.715. The highest BCUT2D eigenvalue weighted by Gasteiger charge is 2.38. The van der Waals surface area contributed by atoms with Gasteiger partial charge in [-0.2, -0.15) is 13.2 Å². The molecular formula is C22H31F3N2O. The number of benzene rings is 1. The lowest BCUT2D eigenvalue weighted by Gasteiger charge is -2.31. The molecule has 2 aliphatic heterocycles. The van der Waals surface area contributed by atoms with E-state index in [0.717, 1.165) is 25.7 Å². The van der Waals surface area contributed by atoms with Crippen molar-refractivity contribution in [1.82, 2.24) is 9.80 Å². The van der Waals surface area contributed by atoms with Crippen LogP contribution >= 0.6 is 0 Å². The molecule has 6 heteroatoms. The van der Waals surface area contributed by atoms with Crippen LogP contribution in [0.25, 0.3) is 0 Å². The molecular weight excluding hydrogens is 365 g/mol. The molecule has 1 amide bonds. The highest BCUT2D eigenvalue weighted by molar-refractivity contribution is 5.76. The van der Waals surface area contributed by atoms with Gasteiger partial charge in [-0.25, -0.2) is 0 Å². The average molecular weight is 396 g/mol. The van der Waals surface area contributed by atoms with Crippen LogP contribution < -0.4 is 0 Å². The second kappa shape index (κ2) is 8.85. The van der Waals surface area contributed by atoms with E-state index in [-0.39, 0.29) is 23.7 Å². The molecule has 0 saturated carbocycles. The second-order valence-electron chi connectivity index (χ2n) is 8.75. The van der Waals surface area contributed by atoms with E-state index in [1.54, 1.807) is 6.07 Å². The fraction of sp³-hybridized carbons (Fsp3) is 0.682. The van der Waals surface area contributed by atoms with Crippen molar-refractivity contribution in [3.8, 4) is 0 Å². The van der Waals surface area contributed by atoms with Crippen molar-refractivity contribution in [2.75, 3.05) is 32.7 Å². The molecule has 0 spiro atoms. The summed E-state index contributed by atoms with van der Waals surface area (Å²) in [5.41, 5.74) is 0.102. The summed E-state index contributed by atoms with van der Waals surface area (Å²) in [5.74, 6) is 0.534. The minimum absolute atomic E-state index is 0.0414. The molecule has 2 heterocycles. The lowest BCUT2D eigenvalue weighted by molar-refractivity contribution is -0.137. The number of carbonyl (C=O) groups is 1. The Hall–Kier alpha value is -1.56. The maximum absolute atomic E-state index is 13.2. The monoisotopic (exact) mass is 396 g/mol. The molecule has 3 nitrogen and oxygen atoms in total. The summed E-state index contributed by atoms with van der Waals surface area (Å²) < 4.78 is 39.6. The zero-order valence-electron chi connectivity index (χ0n) is 16.8. The number of piperidine rings is 1. The van der Waals surface area contributed by atoms with Crippen LogP contribution in [0, 0.1) is 11.8 Å². The molecule has 0 N–H and O–H groups in total. The van der Waals surface area contributed by atoms with Crippen molar-refractivity contribution < 1.29 is 18.0 Å². The van der Waals surface area contributed by atoms with Gasteiger partial charge in [0.25, 0.3) is 0 Å². The normalized spacial score (nSPS) is 24.1. The molecule has 0 aromatic heterocycles. The Balaban J connectivity index is 1.81. The summed E-state index contributed by atoms with van der Waals surface area (Å²) in [4.78, 5) is 16.9. The van der Waals surface area contributed by atoms with Gasteiger partial charge in [0.1, 0.15) is 0 Å². The van der Waals surface area contributed by atoms with E-state index in [1.165, 1.54) is 31.4 Å². The molecule has 156 valence electrons. The minimum Gasteiger partial charge on any atom is -0.342 e. The Labute approximate surface area is 165 Å². The number of amides is 1. The van der Waals surface area contributed by atoms with Gasteiger partial charge in [-0.05, 0) is 49.4 Å². The lowest BCUT2D eigenvalue weighted by Crippen LogP contribution is -2.37. The highest BCUT2D eigenvalue weighted by atomic mass is 19.4. The fourth-order valence-corrected chi connectivity index (χ4v) is 4.54. The molecule has 2 saturated heterocycles. The first-order valence-electron chi connectivity index (χ1n) is 10.4. The van der Waals surface area contributed by atoms with Crippen LogP contribution in [0.2, 0.25) is 0 Å². The van der Waals surface area contributed by atoms with Gasteiger partial charge in [0, 0.05) is 32.0 Å². The van der Waals surface area contributed by atoms with Crippen LogP contribution in [0.3, 0.4) is 0 Å². The lowest BCUT2D eigenvalue weighted by atomic mass is 9.87. The molecule has 0 aliphatic carbocycles. The van der Waals surface area contributed by atoms with Crippen molar-refractivity contribution in [2.45, 2.75) is 51.6 Å². The molecule has 2 aliphatic rings. The third-order valence-electron chi connectivity index (χ3n) is 5.96. The molecule has 28 heavy (non-hydrogen) atoms. The van der Waals surface area contributed by atoms with Gasteiger partial charge >= 0.3 is 6.18 Å². The van der Waals surface area contributed by atoms with E-state index in [1.807, 2.05) is 18.7 Å². The fourth-order valence-electron chi connectivity index (χ4n) is 4.54. The first-order valence-corrected chi connectivity index (χ1v) is 10.4. The molecule has 1 aromatic carbocycles. The second-order valence-corrected chi connectivity index (χ2v) is 8.75. The molecule has 0 radical (unpaired) electrons. The van der Waals surface area contributed by atoms with Gasteiger partial charge in [-0.15, -0.1) is 0 Å². The number of halogens is 3. The van der Waals surface area contributed by atoms with Crippen molar-refractivity contribution >= 4 is 5.91 Å². The smallest absolute Gasteiger partial charge is 0.342 e. The van der Waals surface area contributed by atoms with Gasteiger partial charge < -0.3 is 9.80 Å². The van der Waals surface area contributed by atoms with E-state index in [9.17, 15) is 18.0 Å². The van der Waals surface area contributed by atoms with E-state index in [2.05, 4.69) is 4.90 Å². The van der Waals surface area contributed by atoms with Gasteiger partial charge in [0.05, 0.1) is 5.56 Å². The first-order chi connectivity index (χ1) is 13.2. The van der Waals surface area contributed by atoms with E-state index in [0.29, 0.717) is 25.1 Å². The van der Waals surface area contributed by atoms with Crippen molar-refractivity contribution in [3.05, 3.63) is 35.4 Å². The van der Waals surface area contributed by atoms with Crippen LogP contribution in [0.4, 0.5) is 13.2 Å². The third kappa shape index (κ3) is 5.28. The summed E-state index contributed by atoms with van der Waals surface area (Å²) in [6.45, 7) is 8.14. The van der Waals surface area contributed by atoms with E-state index >= 15 is 0 Å². The topological polar surface area (TPSA) is 23.6 Å². The standard InChI is InChI=1S/C22H31F3N2O/c1-16(2)11-21(28)27-14-18(13-26-9-4-3-5-10-26)20(15-27)17-7-6-8-19(12-17)22(23,24)25/h6-8,12,16,18,20H,3-5,9-11,13-15H2,1-2H3/t18-,20-/m0/s1. The maximum Gasteiger partial charge on any atom is 0.416 e. The van der Waals surface area contributed by atoms with Gasteiger partial charge in [0.2, 0.25) is 5.91 Å². The van der Waals surface area contributed by atoms with Crippen molar-refractivity contribution in [3.63, 3.8) is 0 Å².